The standard InChI is InChI=1S/C20H24N4O/c1-22-11-5-13-23(15-14-22)20(25)9-8-17-16-24(12-4-10-21)19-7-3-2-6-18(17)19/h2-3,6-9,16H,4-5,11-15H2,1H3/b9-8+. The molecule has 0 aliphatic carbocycles. The van der Waals surface area contributed by atoms with Crippen molar-refractivity contribution in [3.63, 3.8) is 0 Å². The van der Waals surface area contributed by atoms with E-state index in [2.05, 4.69) is 34.7 Å². The van der Waals surface area contributed by atoms with Gasteiger partial charge in [0, 0.05) is 54.9 Å². The van der Waals surface area contributed by atoms with Gasteiger partial charge in [-0.25, -0.2) is 0 Å². The number of fused-ring (bicyclic) bond motifs is 1. The minimum Gasteiger partial charge on any atom is -0.346 e. The minimum absolute atomic E-state index is 0.0733. The Hall–Kier alpha value is -2.58. The van der Waals surface area contributed by atoms with E-state index < -0.39 is 0 Å². The highest BCUT2D eigenvalue weighted by Gasteiger charge is 2.15. The topological polar surface area (TPSA) is 52.3 Å². The van der Waals surface area contributed by atoms with Crippen LogP contribution in [0.2, 0.25) is 0 Å². The van der Waals surface area contributed by atoms with Crippen molar-refractivity contribution in [3.05, 3.63) is 42.1 Å². The van der Waals surface area contributed by atoms with Crippen LogP contribution in [-0.2, 0) is 11.3 Å². The third kappa shape index (κ3) is 4.09. The fourth-order valence-corrected chi connectivity index (χ4v) is 3.30. The van der Waals surface area contributed by atoms with Gasteiger partial charge in [0.05, 0.1) is 12.5 Å². The van der Waals surface area contributed by atoms with E-state index in [0.717, 1.165) is 49.1 Å². The summed E-state index contributed by atoms with van der Waals surface area (Å²) < 4.78 is 2.09. The molecule has 25 heavy (non-hydrogen) atoms. The van der Waals surface area contributed by atoms with E-state index in [9.17, 15) is 4.79 Å². The lowest BCUT2D eigenvalue weighted by atomic mass is 10.1. The zero-order valence-corrected chi connectivity index (χ0v) is 14.7. The molecule has 3 rings (SSSR count). The van der Waals surface area contributed by atoms with Crippen LogP contribution in [0.15, 0.2) is 36.5 Å². The van der Waals surface area contributed by atoms with Crippen LogP contribution < -0.4 is 0 Å². The first-order chi connectivity index (χ1) is 12.2. The number of rotatable bonds is 4. The molecule has 5 nitrogen and oxygen atoms in total. The highest BCUT2D eigenvalue weighted by Crippen LogP contribution is 2.23. The summed E-state index contributed by atoms with van der Waals surface area (Å²) in [5.74, 6) is 0.0733. The number of aromatic nitrogens is 1. The van der Waals surface area contributed by atoms with E-state index in [-0.39, 0.29) is 5.91 Å². The quantitative estimate of drug-likeness (QED) is 0.807. The van der Waals surface area contributed by atoms with Crippen molar-refractivity contribution in [2.24, 2.45) is 0 Å². The maximum Gasteiger partial charge on any atom is 0.246 e. The van der Waals surface area contributed by atoms with Gasteiger partial charge in [-0.2, -0.15) is 5.26 Å². The second kappa shape index (κ2) is 8.00. The van der Waals surface area contributed by atoms with Gasteiger partial charge in [0.2, 0.25) is 5.91 Å². The Morgan fingerprint density at radius 1 is 1.24 bits per heavy atom. The molecular formula is C20H24N4O. The number of hydrogen-bond acceptors (Lipinski definition) is 3. The van der Waals surface area contributed by atoms with Crippen LogP contribution in [0.3, 0.4) is 0 Å². The van der Waals surface area contributed by atoms with E-state index in [1.165, 1.54) is 0 Å². The van der Waals surface area contributed by atoms with Gasteiger partial charge in [-0.3, -0.25) is 4.79 Å². The van der Waals surface area contributed by atoms with Crippen LogP contribution >= 0.6 is 0 Å². The maximum absolute atomic E-state index is 12.5. The molecule has 1 aliphatic rings. The number of carbonyl (C=O) groups is 1. The average Bonchev–Trinajstić information content (AvgIpc) is 2.83. The average molecular weight is 336 g/mol. The molecule has 1 fully saturated rings. The van der Waals surface area contributed by atoms with Crippen molar-refractivity contribution in [1.29, 1.82) is 5.26 Å². The predicted octanol–water partition coefficient (Wildman–Crippen LogP) is 2.73. The molecule has 0 radical (unpaired) electrons. The molecule has 1 aromatic carbocycles. The van der Waals surface area contributed by atoms with Gasteiger partial charge in [-0.1, -0.05) is 18.2 Å². The Bertz CT molecular complexity index is 815. The van der Waals surface area contributed by atoms with E-state index in [1.54, 1.807) is 6.08 Å². The molecule has 5 heteroatoms. The second-order valence-electron chi connectivity index (χ2n) is 6.52. The van der Waals surface area contributed by atoms with Crippen LogP contribution in [0.5, 0.6) is 0 Å². The molecule has 1 saturated heterocycles. The summed E-state index contributed by atoms with van der Waals surface area (Å²) in [7, 11) is 2.10. The Kier molecular flexibility index (Phi) is 5.52. The third-order valence-electron chi connectivity index (χ3n) is 4.72. The van der Waals surface area contributed by atoms with E-state index >= 15 is 0 Å². The Labute approximate surface area is 148 Å². The third-order valence-corrected chi connectivity index (χ3v) is 4.72. The highest BCUT2D eigenvalue weighted by atomic mass is 16.2. The van der Waals surface area contributed by atoms with Crippen molar-refractivity contribution >= 4 is 22.9 Å². The van der Waals surface area contributed by atoms with Crippen molar-refractivity contribution in [2.75, 3.05) is 33.2 Å². The summed E-state index contributed by atoms with van der Waals surface area (Å²) >= 11 is 0. The number of amides is 1. The van der Waals surface area contributed by atoms with Gasteiger partial charge < -0.3 is 14.4 Å². The van der Waals surface area contributed by atoms with Crippen molar-refractivity contribution < 1.29 is 4.79 Å². The molecule has 0 saturated carbocycles. The summed E-state index contributed by atoms with van der Waals surface area (Å²) in [4.78, 5) is 16.7. The summed E-state index contributed by atoms with van der Waals surface area (Å²) in [6, 6.07) is 10.3. The van der Waals surface area contributed by atoms with Crippen LogP contribution in [0, 0.1) is 11.3 Å². The summed E-state index contributed by atoms with van der Waals surface area (Å²) in [6.45, 7) is 4.23. The first kappa shape index (κ1) is 17.2. The molecule has 0 spiro atoms. The van der Waals surface area contributed by atoms with Gasteiger partial charge in [0.1, 0.15) is 0 Å². The SMILES string of the molecule is CN1CCCN(C(=O)/C=C/c2cn(CCC#N)c3ccccc23)CC1. The van der Waals surface area contributed by atoms with Crippen LogP contribution in [0.25, 0.3) is 17.0 Å². The largest absolute Gasteiger partial charge is 0.346 e. The minimum atomic E-state index is 0.0733. The van der Waals surface area contributed by atoms with Crippen LogP contribution in [0.4, 0.5) is 0 Å². The Morgan fingerprint density at radius 2 is 2.08 bits per heavy atom. The Balaban J connectivity index is 1.79. The van der Waals surface area contributed by atoms with Crippen LogP contribution in [0.1, 0.15) is 18.4 Å². The number of nitrogens with zero attached hydrogens (tertiary/aromatic N) is 4. The van der Waals surface area contributed by atoms with E-state index in [4.69, 9.17) is 5.26 Å². The molecule has 2 heterocycles. The lowest BCUT2D eigenvalue weighted by Gasteiger charge is -2.18. The number of nitriles is 1. The van der Waals surface area contributed by atoms with Gasteiger partial charge >= 0.3 is 0 Å². The predicted molar refractivity (Wildman–Crippen MR) is 99.9 cm³/mol. The number of para-hydroxylation sites is 1. The van der Waals surface area contributed by atoms with Crippen molar-refractivity contribution in [2.45, 2.75) is 19.4 Å². The monoisotopic (exact) mass is 336 g/mol. The van der Waals surface area contributed by atoms with Gasteiger partial charge in [-0.05, 0) is 32.2 Å². The number of likely N-dealkylation sites (N-methyl/N-ethyl adjacent to an activating group) is 1. The van der Waals surface area contributed by atoms with Gasteiger partial charge in [0.15, 0.2) is 0 Å². The summed E-state index contributed by atoms with van der Waals surface area (Å²) in [5.41, 5.74) is 2.12. The molecule has 0 atom stereocenters. The summed E-state index contributed by atoms with van der Waals surface area (Å²) in [5, 5.41) is 9.95. The molecular weight excluding hydrogens is 312 g/mol. The van der Waals surface area contributed by atoms with Gasteiger partial charge in [-0.15, -0.1) is 0 Å². The first-order valence-corrected chi connectivity index (χ1v) is 8.79. The molecule has 1 amide bonds. The molecule has 1 aliphatic heterocycles. The maximum atomic E-state index is 12.5. The Morgan fingerprint density at radius 3 is 2.92 bits per heavy atom. The molecule has 1 aromatic heterocycles. The van der Waals surface area contributed by atoms with E-state index in [1.807, 2.05) is 29.3 Å². The summed E-state index contributed by atoms with van der Waals surface area (Å²) in [6.07, 6.45) is 7.11. The molecule has 0 bridgehead atoms. The van der Waals surface area contributed by atoms with Crippen LogP contribution in [-0.4, -0.2) is 53.5 Å². The highest BCUT2D eigenvalue weighted by molar-refractivity contribution is 5.96. The number of benzene rings is 1. The second-order valence-corrected chi connectivity index (χ2v) is 6.52. The molecule has 2 aromatic rings. The first-order valence-electron chi connectivity index (χ1n) is 8.79. The zero-order valence-electron chi connectivity index (χ0n) is 14.7. The van der Waals surface area contributed by atoms with Gasteiger partial charge in [0.25, 0.3) is 0 Å². The lowest BCUT2D eigenvalue weighted by molar-refractivity contribution is -0.125. The lowest BCUT2D eigenvalue weighted by Crippen LogP contribution is -2.33. The van der Waals surface area contributed by atoms with E-state index in [0.29, 0.717) is 13.0 Å². The smallest absolute Gasteiger partial charge is 0.246 e. The fourth-order valence-electron chi connectivity index (χ4n) is 3.30. The number of aryl methyl sites for hydroxylation is 1. The normalized spacial score (nSPS) is 16.2. The molecule has 0 N–H and O–H groups in total. The zero-order chi connectivity index (χ0) is 17.6. The van der Waals surface area contributed by atoms with Crippen molar-refractivity contribution in [1.82, 2.24) is 14.4 Å². The molecule has 0 unspecified atom stereocenters. The number of hydrogen-bond donors (Lipinski definition) is 0. The number of carbonyl (C=O) groups excluding carboxylic acids is 1. The fraction of sp³-hybridized carbons (Fsp3) is 0.400. The van der Waals surface area contributed by atoms with Crippen molar-refractivity contribution in [3.8, 4) is 6.07 Å². The molecule has 130 valence electrons.